The van der Waals surface area contributed by atoms with E-state index in [1.54, 1.807) is 0 Å². The fourth-order valence-electron chi connectivity index (χ4n) is 1.35. The minimum absolute atomic E-state index is 1.21. The van der Waals surface area contributed by atoms with Crippen molar-refractivity contribution in [3.63, 3.8) is 0 Å². The van der Waals surface area contributed by atoms with Crippen molar-refractivity contribution < 1.29 is 0 Å². The molecule has 1 heterocycles. The molecule has 0 bridgehead atoms. The molecule has 4 heteroatoms. The number of benzene rings is 1. The summed E-state index contributed by atoms with van der Waals surface area (Å²) in [4.78, 5) is 3.12. The smallest absolute Gasteiger partial charge is 0.0999 e. The van der Waals surface area contributed by atoms with Crippen LogP contribution in [0.2, 0.25) is 12.6 Å². The predicted molar refractivity (Wildman–Crippen MR) is 72.1 cm³/mol. The van der Waals surface area contributed by atoms with E-state index in [4.69, 9.17) is 0 Å². The molecule has 0 radical (unpaired) electrons. The third-order valence-electron chi connectivity index (χ3n) is 2.17. The summed E-state index contributed by atoms with van der Waals surface area (Å²) in [5.41, 5.74) is 1.21. The summed E-state index contributed by atoms with van der Waals surface area (Å²) in [5.74, 6) is 0. The monoisotopic (exact) mass is 183 g/mol. The van der Waals surface area contributed by atoms with Crippen LogP contribution in [0, 0.1) is 0 Å². The number of hydrogen-bond donors (Lipinski definition) is 1. The summed E-state index contributed by atoms with van der Waals surface area (Å²) in [5, 5.41) is 1.28. The van der Waals surface area contributed by atoms with E-state index in [1.807, 2.05) is 18.3 Å². The van der Waals surface area contributed by atoms with E-state index in [0.717, 1.165) is 0 Å². The van der Waals surface area contributed by atoms with Gasteiger partial charge >= 0.3 is 0 Å². The lowest BCUT2D eigenvalue weighted by Gasteiger charge is -1.83. The van der Waals surface area contributed by atoms with Crippen molar-refractivity contribution >= 4 is 33.7 Å². The van der Waals surface area contributed by atoms with Crippen LogP contribution < -0.4 is 0 Å². The maximum atomic E-state index is 3.12. The fourth-order valence-corrected chi connectivity index (χ4v) is 1.35. The Balaban J connectivity index is 0.000000171. The number of para-hydroxylation sites is 1. The lowest BCUT2D eigenvalue weighted by Crippen LogP contribution is -1.83. The van der Waals surface area contributed by atoms with Crippen LogP contribution in [0.15, 0.2) is 36.5 Å². The number of H-pyrrole nitrogens is 1. The summed E-state index contributed by atoms with van der Waals surface area (Å²) in [7, 11) is 5.77. The van der Waals surface area contributed by atoms with Crippen molar-refractivity contribution in [2.75, 3.05) is 0 Å². The average Bonchev–Trinajstić information content (AvgIpc) is 2.67. The average molecular weight is 183 g/mol. The van der Waals surface area contributed by atoms with E-state index in [0.29, 0.717) is 0 Å². The van der Waals surface area contributed by atoms with Crippen LogP contribution in [-0.4, -0.2) is 27.7 Å². The van der Waals surface area contributed by atoms with Crippen LogP contribution in [0.1, 0.15) is 0 Å². The van der Waals surface area contributed by atoms with Gasteiger partial charge in [0.25, 0.3) is 0 Å². The topological polar surface area (TPSA) is 15.8 Å². The van der Waals surface area contributed by atoms with Crippen LogP contribution >= 0.6 is 0 Å². The molecule has 1 nitrogen and oxygen atoms in total. The Kier molecular flexibility index (Phi) is 5.05. The van der Waals surface area contributed by atoms with Gasteiger partial charge in [0.05, 0.1) is 22.8 Å². The molecule has 1 aromatic carbocycles. The largest absolute Gasteiger partial charge is 0.361 e. The Hall–Kier alpha value is -1.05. The van der Waals surface area contributed by atoms with E-state index in [1.165, 1.54) is 30.7 Å². The van der Waals surface area contributed by atoms with E-state index in [9.17, 15) is 0 Å². The van der Waals surface area contributed by atoms with Gasteiger partial charge in [0, 0.05) is 11.7 Å². The fraction of sp³-hybridized carbons (Fsp3) is 0.200. The summed E-state index contributed by atoms with van der Waals surface area (Å²) >= 11 is 0. The van der Waals surface area contributed by atoms with Crippen LogP contribution in [0.4, 0.5) is 0 Å². The number of hydrogen-bond acceptors (Lipinski definition) is 0. The molecule has 2 aromatic rings. The minimum atomic E-state index is 1.21. The lowest BCUT2D eigenvalue weighted by atomic mass is 9.52. The Morgan fingerprint density at radius 3 is 2.57 bits per heavy atom. The first kappa shape index (κ1) is 11.0. The number of rotatable bonds is 2. The van der Waals surface area contributed by atoms with Gasteiger partial charge < -0.3 is 4.98 Å². The summed E-state index contributed by atoms with van der Waals surface area (Å²) in [6.45, 7) is 0. The van der Waals surface area contributed by atoms with Crippen molar-refractivity contribution in [1.82, 2.24) is 4.98 Å². The maximum absolute atomic E-state index is 3.12. The Morgan fingerprint density at radius 2 is 2.00 bits per heavy atom. The second kappa shape index (κ2) is 6.41. The molecule has 0 aliphatic heterocycles. The molecular weight excluding hydrogens is 167 g/mol. The Labute approximate surface area is 88.3 Å². The molecule has 1 aromatic heterocycles. The lowest BCUT2D eigenvalue weighted by molar-refractivity contribution is 1.45. The first-order valence-corrected chi connectivity index (χ1v) is 5.40. The van der Waals surface area contributed by atoms with Gasteiger partial charge in [0.2, 0.25) is 0 Å². The second-order valence-electron chi connectivity index (χ2n) is 3.42. The zero-order chi connectivity index (χ0) is 10.2. The summed E-state index contributed by atoms with van der Waals surface area (Å²) in [6.07, 6.45) is 4.68. The molecule has 0 spiro atoms. The molecule has 70 valence electrons. The van der Waals surface area contributed by atoms with Gasteiger partial charge in [-0.05, 0) is 17.5 Å². The van der Waals surface area contributed by atoms with Crippen LogP contribution in [0.5, 0.6) is 0 Å². The molecule has 0 aliphatic carbocycles. The van der Waals surface area contributed by atoms with Gasteiger partial charge in [0.1, 0.15) is 0 Å². The molecule has 14 heavy (non-hydrogen) atoms. The number of nitrogens with one attached hydrogen (secondary N) is 1. The van der Waals surface area contributed by atoms with Crippen molar-refractivity contribution in [3.05, 3.63) is 36.5 Å². The van der Waals surface area contributed by atoms with Gasteiger partial charge in [-0.15, -0.1) is 0 Å². The minimum Gasteiger partial charge on any atom is -0.361 e. The maximum Gasteiger partial charge on any atom is 0.0999 e. The highest BCUT2D eigenvalue weighted by molar-refractivity contribution is 6.89. The highest BCUT2D eigenvalue weighted by Gasteiger charge is 1.86. The van der Waals surface area contributed by atoms with Crippen LogP contribution in [-0.2, 0) is 0 Å². The molecule has 0 fully saturated rings. The van der Waals surface area contributed by atoms with Gasteiger partial charge in [0.15, 0.2) is 0 Å². The van der Waals surface area contributed by atoms with Crippen molar-refractivity contribution in [3.8, 4) is 0 Å². The van der Waals surface area contributed by atoms with E-state index >= 15 is 0 Å². The molecular formula is C10H16B3N. The highest BCUT2D eigenvalue weighted by atomic mass is 14.6. The van der Waals surface area contributed by atoms with Gasteiger partial charge in [-0.25, -0.2) is 0 Å². The Morgan fingerprint density at radius 1 is 1.21 bits per heavy atom. The molecule has 0 unspecified atom stereocenters. The molecule has 0 saturated carbocycles. The third-order valence-corrected chi connectivity index (χ3v) is 2.17. The summed E-state index contributed by atoms with van der Waals surface area (Å²) in [6, 6.07) is 10.3. The van der Waals surface area contributed by atoms with E-state index in [2.05, 4.69) is 38.8 Å². The molecule has 0 saturated heterocycles. The van der Waals surface area contributed by atoms with E-state index in [-0.39, 0.29) is 0 Å². The molecule has 0 aliphatic rings. The van der Waals surface area contributed by atoms with Crippen molar-refractivity contribution in [2.45, 2.75) is 12.6 Å². The van der Waals surface area contributed by atoms with Crippen LogP contribution in [0.25, 0.3) is 10.9 Å². The number of aromatic nitrogens is 1. The molecule has 1 N–H and O–H groups in total. The SMILES string of the molecule is BBCCB.c1ccc2[nH]ccc2c1. The number of aromatic amines is 1. The Bertz CT molecular complexity index is 327. The molecule has 0 amide bonds. The van der Waals surface area contributed by atoms with Gasteiger partial charge in [-0.2, -0.15) is 0 Å². The summed E-state index contributed by atoms with van der Waals surface area (Å²) < 4.78 is 0. The first-order chi connectivity index (χ1) is 6.88. The molecule has 2 rings (SSSR count). The third kappa shape index (κ3) is 3.37. The standard InChI is InChI=1S/C8H7N.C2H9B3/c1-2-4-8-7(3-1)5-6-9-8;3-1-2-5-4/h1-6,9H;5H,1-4H2. The predicted octanol–water partition coefficient (Wildman–Crippen LogP) is 0.609. The molecule has 0 atom stereocenters. The van der Waals surface area contributed by atoms with Gasteiger partial charge in [-0.1, -0.05) is 30.8 Å². The van der Waals surface area contributed by atoms with Crippen LogP contribution in [0.3, 0.4) is 0 Å². The van der Waals surface area contributed by atoms with Crippen molar-refractivity contribution in [1.29, 1.82) is 0 Å². The first-order valence-electron chi connectivity index (χ1n) is 5.40. The highest BCUT2D eigenvalue weighted by Crippen LogP contribution is 2.09. The normalized spacial score (nSPS) is 9.14. The quantitative estimate of drug-likeness (QED) is 0.656. The second-order valence-corrected chi connectivity index (χ2v) is 3.42. The number of fused-ring (bicyclic) bond motifs is 1. The zero-order valence-corrected chi connectivity index (χ0v) is 9.09. The van der Waals surface area contributed by atoms with Gasteiger partial charge in [-0.3, -0.25) is 0 Å². The van der Waals surface area contributed by atoms with Crippen molar-refractivity contribution in [2.24, 2.45) is 0 Å². The zero-order valence-electron chi connectivity index (χ0n) is 9.09. The van der Waals surface area contributed by atoms with E-state index < -0.39 is 0 Å².